The second-order valence-electron chi connectivity index (χ2n) is 5.48. The quantitative estimate of drug-likeness (QED) is 0.610. The van der Waals surface area contributed by atoms with Crippen molar-refractivity contribution in [3.8, 4) is 0 Å². The summed E-state index contributed by atoms with van der Waals surface area (Å²) in [4.78, 5) is 33.2. The molecule has 0 heterocycles. The highest BCUT2D eigenvalue weighted by Crippen LogP contribution is 2.36. The summed E-state index contributed by atoms with van der Waals surface area (Å²) >= 11 is 0. The monoisotopic (exact) mass is 401 g/mol. The Labute approximate surface area is 147 Å². The van der Waals surface area contributed by atoms with Crippen LogP contribution in [0.25, 0.3) is 0 Å². The maximum absolute atomic E-state index is 12.8. The standard InChI is InChI=1S/C15H13F6NO5/c16-14(17,18)8-3-7(4-9(6-8)15(19,20)21)5-11(23)22-10(13(26)27)1-2-12(24)25/h3-4,6,10H,1-2,5H2,(H,22,23)(H,24,25)(H,26,27)/t10-/m0/s1. The highest BCUT2D eigenvalue weighted by atomic mass is 19.4. The van der Waals surface area contributed by atoms with Crippen molar-refractivity contribution < 1.29 is 50.9 Å². The van der Waals surface area contributed by atoms with Crippen LogP contribution < -0.4 is 5.32 Å². The molecule has 6 nitrogen and oxygen atoms in total. The summed E-state index contributed by atoms with van der Waals surface area (Å²) < 4.78 is 76.6. The van der Waals surface area contributed by atoms with Gasteiger partial charge in [0.15, 0.2) is 0 Å². The van der Waals surface area contributed by atoms with E-state index in [1.165, 1.54) is 0 Å². The van der Waals surface area contributed by atoms with Crippen LogP contribution in [0.4, 0.5) is 26.3 Å². The minimum absolute atomic E-state index is 0.103. The van der Waals surface area contributed by atoms with E-state index in [0.717, 1.165) is 0 Å². The maximum atomic E-state index is 12.8. The first-order valence-corrected chi connectivity index (χ1v) is 7.22. The molecule has 0 saturated heterocycles. The lowest BCUT2D eigenvalue weighted by atomic mass is 10.0. The van der Waals surface area contributed by atoms with E-state index in [2.05, 4.69) is 0 Å². The maximum Gasteiger partial charge on any atom is 0.416 e. The number of hydrogen-bond donors (Lipinski definition) is 3. The normalized spacial score (nSPS) is 13.1. The highest BCUT2D eigenvalue weighted by Gasteiger charge is 2.37. The number of benzene rings is 1. The van der Waals surface area contributed by atoms with Crippen molar-refractivity contribution in [3.63, 3.8) is 0 Å². The zero-order valence-corrected chi connectivity index (χ0v) is 13.3. The molecule has 0 unspecified atom stereocenters. The molecule has 0 aliphatic heterocycles. The summed E-state index contributed by atoms with van der Waals surface area (Å²) in [5.74, 6) is -4.10. The van der Waals surface area contributed by atoms with Gasteiger partial charge in [-0.1, -0.05) is 0 Å². The van der Waals surface area contributed by atoms with Gasteiger partial charge < -0.3 is 15.5 Å². The minimum Gasteiger partial charge on any atom is -0.481 e. The van der Waals surface area contributed by atoms with E-state index in [0.29, 0.717) is 12.1 Å². The summed E-state index contributed by atoms with van der Waals surface area (Å²) in [7, 11) is 0. The highest BCUT2D eigenvalue weighted by molar-refractivity contribution is 5.85. The number of amides is 1. The zero-order chi connectivity index (χ0) is 21.0. The van der Waals surface area contributed by atoms with E-state index in [4.69, 9.17) is 10.2 Å². The molecule has 3 N–H and O–H groups in total. The Balaban J connectivity index is 3.03. The Kier molecular flexibility index (Phi) is 6.81. The molecule has 1 rings (SSSR count). The number of carboxylic acid groups (broad SMARTS) is 2. The third kappa shape index (κ3) is 7.15. The smallest absolute Gasteiger partial charge is 0.416 e. The van der Waals surface area contributed by atoms with E-state index >= 15 is 0 Å². The van der Waals surface area contributed by atoms with Crippen LogP contribution in [0.5, 0.6) is 0 Å². The summed E-state index contributed by atoms with van der Waals surface area (Å²) in [5.41, 5.74) is -3.85. The van der Waals surface area contributed by atoms with Crippen molar-refractivity contribution in [2.45, 2.75) is 37.7 Å². The van der Waals surface area contributed by atoms with Crippen molar-refractivity contribution in [1.82, 2.24) is 5.32 Å². The fourth-order valence-corrected chi connectivity index (χ4v) is 2.08. The first-order chi connectivity index (χ1) is 12.2. The van der Waals surface area contributed by atoms with Crippen LogP contribution in [0.2, 0.25) is 0 Å². The lowest BCUT2D eigenvalue weighted by molar-refractivity contribution is -0.144. The van der Waals surface area contributed by atoms with E-state index in [-0.39, 0.29) is 6.07 Å². The third-order valence-corrected chi connectivity index (χ3v) is 3.29. The van der Waals surface area contributed by atoms with Gasteiger partial charge in [-0.25, -0.2) is 4.79 Å². The molecule has 27 heavy (non-hydrogen) atoms. The van der Waals surface area contributed by atoms with E-state index in [9.17, 15) is 40.7 Å². The lowest BCUT2D eigenvalue weighted by Crippen LogP contribution is -2.41. The Morgan fingerprint density at radius 1 is 0.926 bits per heavy atom. The van der Waals surface area contributed by atoms with Gasteiger partial charge in [-0.15, -0.1) is 0 Å². The summed E-state index contributed by atoms with van der Waals surface area (Å²) in [6, 6.07) is -1.06. The van der Waals surface area contributed by atoms with Gasteiger partial charge in [0.05, 0.1) is 17.5 Å². The van der Waals surface area contributed by atoms with Crippen molar-refractivity contribution in [2.75, 3.05) is 0 Å². The molecule has 0 aromatic heterocycles. The summed E-state index contributed by atoms with van der Waals surface area (Å²) in [6.45, 7) is 0. The van der Waals surface area contributed by atoms with Crippen molar-refractivity contribution in [2.24, 2.45) is 0 Å². The number of alkyl halides is 6. The second kappa shape index (κ2) is 8.27. The topological polar surface area (TPSA) is 104 Å². The summed E-state index contributed by atoms with van der Waals surface area (Å²) in [5, 5.41) is 19.3. The van der Waals surface area contributed by atoms with Crippen LogP contribution >= 0.6 is 0 Å². The number of aliphatic carboxylic acids is 2. The van der Waals surface area contributed by atoms with Crippen LogP contribution in [-0.4, -0.2) is 34.1 Å². The average Bonchev–Trinajstić information content (AvgIpc) is 2.48. The van der Waals surface area contributed by atoms with Crippen molar-refractivity contribution in [3.05, 3.63) is 34.9 Å². The van der Waals surface area contributed by atoms with Crippen LogP contribution in [0.3, 0.4) is 0 Å². The van der Waals surface area contributed by atoms with Gasteiger partial charge in [-0.3, -0.25) is 9.59 Å². The van der Waals surface area contributed by atoms with Crippen molar-refractivity contribution in [1.29, 1.82) is 0 Å². The van der Waals surface area contributed by atoms with Gasteiger partial charge in [0.1, 0.15) is 6.04 Å². The fourth-order valence-electron chi connectivity index (χ4n) is 2.08. The number of nitrogens with one attached hydrogen (secondary N) is 1. The lowest BCUT2D eigenvalue weighted by Gasteiger charge is -2.16. The Morgan fingerprint density at radius 2 is 1.41 bits per heavy atom. The SMILES string of the molecule is O=C(O)CC[C@H](NC(=O)Cc1cc(C(F)(F)F)cc(C(F)(F)F)c1)C(=O)O. The molecule has 0 bridgehead atoms. The van der Waals surface area contributed by atoms with Crippen molar-refractivity contribution >= 4 is 17.8 Å². The van der Waals surface area contributed by atoms with Gasteiger partial charge in [0, 0.05) is 6.42 Å². The van der Waals surface area contributed by atoms with Crippen LogP contribution in [0, 0.1) is 0 Å². The molecule has 1 atom stereocenters. The second-order valence-corrected chi connectivity index (χ2v) is 5.48. The average molecular weight is 401 g/mol. The Morgan fingerprint density at radius 3 is 1.78 bits per heavy atom. The van der Waals surface area contributed by atoms with Crippen LogP contribution in [-0.2, 0) is 33.2 Å². The number of hydrogen-bond acceptors (Lipinski definition) is 3. The number of carbonyl (C=O) groups excluding carboxylic acids is 1. The largest absolute Gasteiger partial charge is 0.481 e. The fraction of sp³-hybridized carbons (Fsp3) is 0.400. The van der Waals surface area contributed by atoms with Gasteiger partial charge in [-0.05, 0) is 30.2 Å². The first-order valence-electron chi connectivity index (χ1n) is 7.22. The molecule has 12 heteroatoms. The zero-order valence-electron chi connectivity index (χ0n) is 13.3. The first kappa shape index (κ1) is 22.3. The summed E-state index contributed by atoms with van der Waals surface area (Å²) in [6.07, 6.45) is -12.2. The molecule has 0 aliphatic carbocycles. The number of halogens is 6. The molecule has 0 radical (unpaired) electrons. The number of rotatable bonds is 7. The molecule has 0 spiro atoms. The predicted molar refractivity (Wildman–Crippen MR) is 76.6 cm³/mol. The van der Waals surface area contributed by atoms with E-state index < -0.39 is 72.2 Å². The predicted octanol–water partition coefficient (Wildman–Crippen LogP) is 2.70. The molecule has 150 valence electrons. The molecule has 1 aromatic rings. The molecule has 1 aromatic carbocycles. The van der Waals surface area contributed by atoms with Crippen LogP contribution in [0.1, 0.15) is 29.5 Å². The molecule has 1 amide bonds. The molecule has 0 saturated carbocycles. The molecular formula is C15H13F6NO5. The molecule has 0 fully saturated rings. The number of carbonyl (C=O) groups is 3. The minimum atomic E-state index is -5.09. The Hall–Kier alpha value is -2.79. The van der Waals surface area contributed by atoms with E-state index in [1.54, 1.807) is 0 Å². The molecule has 0 aliphatic rings. The van der Waals surface area contributed by atoms with Gasteiger partial charge >= 0.3 is 24.3 Å². The van der Waals surface area contributed by atoms with Gasteiger partial charge in [-0.2, -0.15) is 26.3 Å². The molecular weight excluding hydrogens is 388 g/mol. The van der Waals surface area contributed by atoms with E-state index in [1.807, 2.05) is 5.32 Å². The number of carboxylic acids is 2. The van der Waals surface area contributed by atoms with Crippen LogP contribution in [0.15, 0.2) is 18.2 Å². The third-order valence-electron chi connectivity index (χ3n) is 3.29. The van der Waals surface area contributed by atoms with Gasteiger partial charge in [0.25, 0.3) is 0 Å². The van der Waals surface area contributed by atoms with Gasteiger partial charge in [0.2, 0.25) is 5.91 Å². The Bertz CT molecular complexity index is 696.